The summed E-state index contributed by atoms with van der Waals surface area (Å²) < 4.78 is 12.4. The number of halogens is 1. The van der Waals surface area contributed by atoms with Crippen LogP contribution in [0.5, 0.6) is 5.75 Å². The van der Waals surface area contributed by atoms with Crippen LogP contribution in [0.25, 0.3) is 0 Å². The highest BCUT2D eigenvalue weighted by molar-refractivity contribution is 14.1. The number of benzene rings is 2. The molecule has 0 aromatic heterocycles. The van der Waals surface area contributed by atoms with E-state index in [0.29, 0.717) is 18.8 Å². The second kappa shape index (κ2) is 9.89. The fraction of sp³-hybridized carbons (Fsp3) is 0.417. The standard InChI is InChI=1S/C24H29IN2O4/c1-17(2)30-23(29)24(3,4)31-21-7-5-6-20(16-21)26-12-14-27(15-13-26)22(28)18-8-10-19(25)11-9-18/h5-11,16-17H,12-15H2,1-4H3. The van der Waals surface area contributed by atoms with Crippen molar-refractivity contribution in [3.63, 3.8) is 0 Å². The summed E-state index contributed by atoms with van der Waals surface area (Å²) >= 11 is 2.23. The largest absolute Gasteiger partial charge is 0.476 e. The third-order valence-corrected chi connectivity index (χ3v) is 5.77. The van der Waals surface area contributed by atoms with Gasteiger partial charge < -0.3 is 19.3 Å². The van der Waals surface area contributed by atoms with Gasteiger partial charge >= 0.3 is 5.97 Å². The van der Waals surface area contributed by atoms with Crippen molar-refractivity contribution < 1.29 is 19.1 Å². The van der Waals surface area contributed by atoms with Gasteiger partial charge in [-0.1, -0.05) is 6.07 Å². The molecule has 0 atom stereocenters. The van der Waals surface area contributed by atoms with Crippen molar-refractivity contribution in [1.29, 1.82) is 0 Å². The molecule has 0 radical (unpaired) electrons. The molecule has 1 aliphatic heterocycles. The first-order valence-electron chi connectivity index (χ1n) is 10.5. The predicted molar refractivity (Wildman–Crippen MR) is 130 cm³/mol. The zero-order valence-corrected chi connectivity index (χ0v) is 20.6. The van der Waals surface area contributed by atoms with Crippen LogP contribution in [0.1, 0.15) is 38.1 Å². The summed E-state index contributed by atoms with van der Waals surface area (Å²) in [5, 5.41) is 0. The SMILES string of the molecule is CC(C)OC(=O)C(C)(C)Oc1cccc(N2CCN(C(=O)c3ccc(I)cc3)CC2)c1. The van der Waals surface area contributed by atoms with Gasteiger partial charge in [0.2, 0.25) is 0 Å². The van der Waals surface area contributed by atoms with E-state index in [1.54, 1.807) is 13.8 Å². The van der Waals surface area contributed by atoms with E-state index in [4.69, 9.17) is 9.47 Å². The van der Waals surface area contributed by atoms with Crippen molar-refractivity contribution >= 4 is 40.2 Å². The molecule has 1 heterocycles. The van der Waals surface area contributed by atoms with E-state index in [1.807, 2.05) is 67.3 Å². The molecular formula is C24H29IN2O4. The van der Waals surface area contributed by atoms with Crippen molar-refractivity contribution in [1.82, 2.24) is 4.90 Å². The number of nitrogens with zero attached hydrogens (tertiary/aromatic N) is 2. The Morgan fingerprint density at radius 1 is 1.00 bits per heavy atom. The molecule has 0 aliphatic carbocycles. The molecule has 6 nitrogen and oxygen atoms in total. The normalized spacial score (nSPS) is 14.5. The fourth-order valence-corrected chi connectivity index (χ4v) is 3.74. The number of carbonyl (C=O) groups is 2. The summed E-state index contributed by atoms with van der Waals surface area (Å²) in [4.78, 5) is 29.2. The number of hydrogen-bond acceptors (Lipinski definition) is 5. The first kappa shape index (κ1) is 23.4. The van der Waals surface area contributed by atoms with E-state index < -0.39 is 11.6 Å². The van der Waals surface area contributed by atoms with Crippen molar-refractivity contribution in [2.45, 2.75) is 39.4 Å². The molecule has 0 bridgehead atoms. The van der Waals surface area contributed by atoms with Crippen molar-refractivity contribution in [3.8, 4) is 5.75 Å². The van der Waals surface area contributed by atoms with Crippen LogP contribution in [0.3, 0.4) is 0 Å². The minimum atomic E-state index is -1.08. The predicted octanol–water partition coefficient (Wildman–Crippen LogP) is 4.36. The third kappa shape index (κ3) is 6.12. The summed E-state index contributed by atoms with van der Waals surface area (Å²) in [7, 11) is 0. The highest BCUT2D eigenvalue weighted by atomic mass is 127. The maximum absolute atomic E-state index is 12.7. The van der Waals surface area contributed by atoms with Gasteiger partial charge in [-0.2, -0.15) is 0 Å². The van der Waals surface area contributed by atoms with Gasteiger partial charge in [-0.25, -0.2) is 4.79 Å². The van der Waals surface area contributed by atoms with Crippen LogP contribution in [0.4, 0.5) is 5.69 Å². The second-order valence-corrected chi connectivity index (χ2v) is 9.60. The Morgan fingerprint density at radius 2 is 1.65 bits per heavy atom. The topological polar surface area (TPSA) is 59.1 Å². The van der Waals surface area contributed by atoms with Gasteiger partial charge in [-0.15, -0.1) is 0 Å². The Morgan fingerprint density at radius 3 is 2.26 bits per heavy atom. The number of anilines is 1. The number of ether oxygens (including phenoxy) is 2. The van der Waals surface area contributed by atoms with Crippen molar-refractivity contribution in [2.24, 2.45) is 0 Å². The molecule has 2 aromatic rings. The second-order valence-electron chi connectivity index (χ2n) is 8.35. The van der Waals surface area contributed by atoms with Crippen LogP contribution < -0.4 is 9.64 Å². The van der Waals surface area contributed by atoms with Crippen molar-refractivity contribution in [3.05, 3.63) is 57.7 Å². The molecule has 1 fully saturated rings. The van der Waals surface area contributed by atoms with Gasteiger partial charge in [0, 0.05) is 47.1 Å². The lowest BCUT2D eigenvalue weighted by atomic mass is 10.1. The van der Waals surface area contributed by atoms with E-state index >= 15 is 0 Å². The monoisotopic (exact) mass is 536 g/mol. The summed E-state index contributed by atoms with van der Waals surface area (Å²) in [6.07, 6.45) is -0.194. The average molecular weight is 536 g/mol. The first-order chi connectivity index (χ1) is 14.7. The molecule has 31 heavy (non-hydrogen) atoms. The molecule has 0 saturated carbocycles. The van der Waals surface area contributed by atoms with Crippen LogP contribution >= 0.6 is 22.6 Å². The molecule has 0 N–H and O–H groups in total. The zero-order valence-electron chi connectivity index (χ0n) is 18.4. The molecule has 7 heteroatoms. The summed E-state index contributed by atoms with van der Waals surface area (Å²) in [5.41, 5.74) is 0.647. The molecule has 0 unspecified atom stereocenters. The molecule has 0 spiro atoms. The molecule has 2 aromatic carbocycles. The third-order valence-electron chi connectivity index (χ3n) is 5.05. The lowest BCUT2D eigenvalue weighted by Crippen LogP contribution is -2.48. The zero-order chi connectivity index (χ0) is 22.6. The Bertz CT molecular complexity index is 919. The van der Waals surface area contributed by atoms with Crippen LogP contribution in [-0.2, 0) is 9.53 Å². The highest BCUT2D eigenvalue weighted by Gasteiger charge is 2.32. The molecular weight excluding hydrogens is 507 g/mol. The summed E-state index contributed by atoms with van der Waals surface area (Å²) in [6.45, 7) is 9.83. The smallest absolute Gasteiger partial charge is 0.350 e. The number of carbonyl (C=O) groups excluding carboxylic acids is 2. The average Bonchev–Trinajstić information content (AvgIpc) is 2.73. The number of rotatable bonds is 6. The van der Waals surface area contributed by atoms with Crippen LogP contribution in [0.15, 0.2) is 48.5 Å². The Balaban J connectivity index is 1.61. The highest BCUT2D eigenvalue weighted by Crippen LogP contribution is 2.26. The molecule has 1 saturated heterocycles. The van der Waals surface area contributed by atoms with Gasteiger partial charge in [0.25, 0.3) is 5.91 Å². The fourth-order valence-electron chi connectivity index (χ4n) is 3.38. The molecule has 1 amide bonds. The van der Waals surface area contributed by atoms with E-state index in [-0.39, 0.29) is 12.0 Å². The van der Waals surface area contributed by atoms with Crippen LogP contribution in [0.2, 0.25) is 0 Å². The van der Waals surface area contributed by atoms with Gasteiger partial charge in [0.05, 0.1) is 6.10 Å². The van der Waals surface area contributed by atoms with E-state index in [2.05, 4.69) is 27.5 Å². The van der Waals surface area contributed by atoms with Crippen molar-refractivity contribution in [2.75, 3.05) is 31.1 Å². The van der Waals surface area contributed by atoms with E-state index in [0.717, 1.165) is 27.9 Å². The Labute approximate surface area is 197 Å². The number of esters is 1. The summed E-state index contributed by atoms with van der Waals surface area (Å²) in [6, 6.07) is 15.4. The molecule has 166 valence electrons. The maximum atomic E-state index is 12.7. The maximum Gasteiger partial charge on any atom is 0.350 e. The molecule has 1 aliphatic rings. The number of piperazine rings is 1. The van der Waals surface area contributed by atoms with E-state index in [1.165, 1.54) is 0 Å². The first-order valence-corrected chi connectivity index (χ1v) is 11.5. The summed E-state index contributed by atoms with van der Waals surface area (Å²) in [5.74, 6) is 0.287. The number of amides is 1. The lowest BCUT2D eigenvalue weighted by molar-refractivity contribution is -0.163. The van der Waals surface area contributed by atoms with Crippen LogP contribution in [-0.4, -0.2) is 54.7 Å². The van der Waals surface area contributed by atoms with Gasteiger partial charge in [0.15, 0.2) is 5.60 Å². The van der Waals surface area contributed by atoms with Crippen LogP contribution in [0, 0.1) is 3.57 Å². The van der Waals surface area contributed by atoms with E-state index in [9.17, 15) is 9.59 Å². The molecule has 3 rings (SSSR count). The Kier molecular flexibility index (Phi) is 7.46. The van der Waals surface area contributed by atoms with Gasteiger partial charge in [-0.3, -0.25) is 4.79 Å². The quantitative estimate of drug-likeness (QED) is 0.406. The lowest BCUT2D eigenvalue weighted by Gasteiger charge is -2.36. The Hall–Kier alpha value is -2.29. The minimum Gasteiger partial charge on any atom is -0.476 e. The number of hydrogen-bond donors (Lipinski definition) is 0. The minimum absolute atomic E-state index is 0.0681. The van der Waals surface area contributed by atoms with Gasteiger partial charge in [-0.05, 0) is 86.7 Å². The van der Waals surface area contributed by atoms with Gasteiger partial charge in [0.1, 0.15) is 5.75 Å².